The van der Waals surface area contributed by atoms with Crippen molar-refractivity contribution in [3.63, 3.8) is 0 Å². The highest BCUT2D eigenvalue weighted by atomic mass is 15.3. The van der Waals surface area contributed by atoms with E-state index in [0.29, 0.717) is 23.7 Å². The largest absolute Gasteiger partial charge is 0.370 e. The summed E-state index contributed by atoms with van der Waals surface area (Å²) < 4.78 is 0. The van der Waals surface area contributed by atoms with E-state index in [1.165, 1.54) is 22.5 Å². The number of hydrogen-bond donors (Lipinski definition) is 1. The Balaban J connectivity index is 1.33. The first-order valence-electron chi connectivity index (χ1n) is 11.5. The highest BCUT2D eigenvalue weighted by molar-refractivity contribution is 5.95. The molecule has 0 spiro atoms. The van der Waals surface area contributed by atoms with Crippen molar-refractivity contribution in [2.75, 3.05) is 36.0 Å². The monoisotopic (exact) mass is 424 g/mol. The second-order valence-electron chi connectivity index (χ2n) is 9.46. The van der Waals surface area contributed by atoms with Gasteiger partial charge in [0.25, 0.3) is 0 Å². The molecule has 0 bridgehead atoms. The summed E-state index contributed by atoms with van der Waals surface area (Å²) in [6, 6.07) is 18.5. The molecule has 3 aromatic rings. The summed E-state index contributed by atoms with van der Waals surface area (Å²) in [4.78, 5) is 12.1. The number of fused-ring (bicyclic) bond motifs is 4. The average Bonchev–Trinajstić information content (AvgIpc) is 3.41. The smallest absolute Gasteiger partial charge is 0.101 e. The maximum absolute atomic E-state index is 9.51. The van der Waals surface area contributed by atoms with Crippen molar-refractivity contribution >= 4 is 22.3 Å². The van der Waals surface area contributed by atoms with Gasteiger partial charge in [-0.1, -0.05) is 6.07 Å². The van der Waals surface area contributed by atoms with Crippen LogP contribution in [-0.2, 0) is 6.54 Å². The van der Waals surface area contributed by atoms with Crippen molar-refractivity contribution < 1.29 is 0 Å². The SMILES string of the molecule is C[C@@H]1CN(c2ccc(C#N)c3ncccc23)C[C@@H]2c3ccc(N4CC[C@@H](N)C4)cc3CN12. The first-order valence-corrected chi connectivity index (χ1v) is 11.5. The van der Waals surface area contributed by atoms with Crippen LogP contribution in [0.2, 0.25) is 0 Å². The van der Waals surface area contributed by atoms with Crippen molar-refractivity contribution in [2.45, 2.75) is 38.0 Å². The third-order valence-electron chi connectivity index (χ3n) is 7.48. The van der Waals surface area contributed by atoms with Gasteiger partial charge in [-0.3, -0.25) is 9.88 Å². The van der Waals surface area contributed by atoms with E-state index >= 15 is 0 Å². The number of anilines is 2. The van der Waals surface area contributed by atoms with Crippen LogP contribution in [0.3, 0.4) is 0 Å². The van der Waals surface area contributed by atoms with E-state index < -0.39 is 0 Å². The van der Waals surface area contributed by atoms with Gasteiger partial charge in [0.2, 0.25) is 0 Å². The number of nitrogens with two attached hydrogens (primary N) is 1. The Morgan fingerprint density at radius 2 is 2.00 bits per heavy atom. The van der Waals surface area contributed by atoms with Crippen molar-refractivity contribution in [1.29, 1.82) is 5.26 Å². The minimum Gasteiger partial charge on any atom is -0.370 e. The number of benzene rings is 2. The third-order valence-corrected chi connectivity index (χ3v) is 7.48. The molecule has 2 N–H and O–H groups in total. The fraction of sp³-hybridized carbons (Fsp3) is 0.385. The lowest BCUT2D eigenvalue weighted by molar-refractivity contribution is 0.134. The number of pyridine rings is 1. The van der Waals surface area contributed by atoms with E-state index in [9.17, 15) is 5.26 Å². The Labute approximate surface area is 188 Å². The number of piperazine rings is 1. The highest BCUT2D eigenvalue weighted by Gasteiger charge is 2.39. The molecule has 3 aliphatic rings. The minimum atomic E-state index is 0.292. The van der Waals surface area contributed by atoms with Crippen LogP contribution in [0.5, 0.6) is 0 Å². The van der Waals surface area contributed by atoms with Crippen molar-refractivity contribution in [3.05, 3.63) is 65.4 Å². The Kier molecular flexibility index (Phi) is 4.56. The molecule has 0 amide bonds. The van der Waals surface area contributed by atoms with Crippen LogP contribution >= 0.6 is 0 Å². The van der Waals surface area contributed by atoms with E-state index in [1.54, 1.807) is 6.20 Å². The summed E-state index contributed by atoms with van der Waals surface area (Å²) in [5, 5.41) is 10.6. The van der Waals surface area contributed by atoms with Gasteiger partial charge in [-0.2, -0.15) is 5.26 Å². The van der Waals surface area contributed by atoms with Crippen molar-refractivity contribution in [3.8, 4) is 6.07 Å². The van der Waals surface area contributed by atoms with E-state index in [1.807, 2.05) is 12.1 Å². The number of nitriles is 1. The molecular weight excluding hydrogens is 396 g/mol. The van der Waals surface area contributed by atoms with Gasteiger partial charge >= 0.3 is 0 Å². The Morgan fingerprint density at radius 1 is 1.09 bits per heavy atom. The zero-order valence-electron chi connectivity index (χ0n) is 18.4. The molecule has 4 heterocycles. The second-order valence-corrected chi connectivity index (χ2v) is 9.46. The topological polar surface area (TPSA) is 72.4 Å². The Hall–Kier alpha value is -3.14. The fourth-order valence-corrected chi connectivity index (χ4v) is 5.85. The first kappa shape index (κ1) is 19.5. The zero-order chi connectivity index (χ0) is 21.8. The third kappa shape index (κ3) is 3.04. The van der Waals surface area contributed by atoms with Crippen LogP contribution in [0, 0.1) is 11.3 Å². The number of nitrogens with zero attached hydrogens (tertiary/aromatic N) is 5. The quantitative estimate of drug-likeness (QED) is 0.680. The van der Waals surface area contributed by atoms with Gasteiger partial charge in [0.1, 0.15) is 6.07 Å². The molecule has 2 saturated heterocycles. The van der Waals surface area contributed by atoms with Crippen LogP contribution in [0.4, 0.5) is 11.4 Å². The Morgan fingerprint density at radius 3 is 2.81 bits per heavy atom. The predicted molar refractivity (Wildman–Crippen MR) is 128 cm³/mol. The normalized spacial score (nSPS) is 25.1. The molecule has 32 heavy (non-hydrogen) atoms. The number of rotatable bonds is 2. The molecule has 2 aromatic carbocycles. The first-order chi connectivity index (χ1) is 15.6. The zero-order valence-corrected chi connectivity index (χ0v) is 18.4. The van der Waals surface area contributed by atoms with Crippen molar-refractivity contribution in [2.24, 2.45) is 5.73 Å². The molecule has 6 nitrogen and oxygen atoms in total. The number of aromatic nitrogens is 1. The summed E-state index contributed by atoms with van der Waals surface area (Å²) in [6.45, 7) is 7.26. The fourth-order valence-electron chi connectivity index (χ4n) is 5.85. The summed E-state index contributed by atoms with van der Waals surface area (Å²) in [5.41, 5.74) is 13.0. The summed E-state index contributed by atoms with van der Waals surface area (Å²) in [7, 11) is 0. The Bertz CT molecular complexity index is 1230. The standard InChI is InChI=1S/C26H28N6/c1-17-13-31(24-7-4-18(12-27)26-23(24)3-2-9-29-26)16-25-22-6-5-21(11-19(22)14-32(17)25)30-10-8-20(28)15-30/h2-7,9,11,17,20,25H,8,10,13-16,28H2,1H3/t17-,20-,25-/m1/s1. The lowest BCUT2D eigenvalue weighted by atomic mass is 9.99. The summed E-state index contributed by atoms with van der Waals surface area (Å²) >= 11 is 0. The molecule has 3 atom stereocenters. The molecule has 162 valence electrons. The lowest BCUT2D eigenvalue weighted by Crippen LogP contribution is -2.51. The maximum Gasteiger partial charge on any atom is 0.101 e. The summed E-state index contributed by atoms with van der Waals surface area (Å²) in [5.74, 6) is 0. The maximum atomic E-state index is 9.51. The van der Waals surface area contributed by atoms with E-state index in [-0.39, 0.29) is 0 Å². The van der Waals surface area contributed by atoms with Gasteiger partial charge < -0.3 is 15.5 Å². The van der Waals surface area contributed by atoms with Gasteiger partial charge in [-0.25, -0.2) is 0 Å². The van der Waals surface area contributed by atoms with E-state index in [4.69, 9.17) is 5.73 Å². The van der Waals surface area contributed by atoms with Crippen LogP contribution < -0.4 is 15.5 Å². The number of hydrogen-bond acceptors (Lipinski definition) is 6. The predicted octanol–water partition coefficient (Wildman–Crippen LogP) is 3.41. The van der Waals surface area contributed by atoms with Gasteiger partial charge in [0, 0.05) is 67.8 Å². The van der Waals surface area contributed by atoms with E-state index in [0.717, 1.165) is 50.0 Å². The molecule has 6 heteroatoms. The second kappa shape index (κ2) is 7.47. The molecule has 0 radical (unpaired) electrons. The van der Waals surface area contributed by atoms with Crippen LogP contribution in [0.15, 0.2) is 48.7 Å². The molecule has 6 rings (SSSR count). The van der Waals surface area contributed by atoms with Crippen LogP contribution in [0.1, 0.15) is 36.1 Å². The highest BCUT2D eigenvalue weighted by Crippen LogP contribution is 2.42. The molecule has 2 fully saturated rings. The molecular formula is C26H28N6. The summed E-state index contributed by atoms with van der Waals surface area (Å²) in [6.07, 6.45) is 2.84. The van der Waals surface area contributed by atoms with Gasteiger partial charge in [-0.05, 0) is 60.9 Å². The lowest BCUT2D eigenvalue weighted by Gasteiger charge is -2.43. The van der Waals surface area contributed by atoms with Gasteiger partial charge in [-0.15, -0.1) is 0 Å². The van der Waals surface area contributed by atoms with Gasteiger partial charge in [0.05, 0.1) is 17.1 Å². The average molecular weight is 425 g/mol. The molecule has 3 aliphatic heterocycles. The minimum absolute atomic E-state index is 0.292. The van der Waals surface area contributed by atoms with Gasteiger partial charge in [0.15, 0.2) is 0 Å². The molecule has 1 aromatic heterocycles. The van der Waals surface area contributed by atoms with Crippen LogP contribution in [-0.4, -0.2) is 48.1 Å². The molecule has 0 aliphatic carbocycles. The van der Waals surface area contributed by atoms with Crippen LogP contribution in [0.25, 0.3) is 10.9 Å². The molecule has 0 unspecified atom stereocenters. The van der Waals surface area contributed by atoms with Crippen molar-refractivity contribution in [1.82, 2.24) is 9.88 Å². The van der Waals surface area contributed by atoms with E-state index in [2.05, 4.69) is 63.0 Å². The molecule has 0 saturated carbocycles.